The Morgan fingerprint density at radius 2 is 1.86 bits per heavy atom. The standard InChI is InChI=1S/C23H25NO4S/c25-21-22(26)28-23(27-21)15-18(16-5-2-1-3-6-16)10-13-24(23)12-9-17-7-4-8-20-19(17)11-14-29-20/h1-3,5-6,11,14,17-18H,4,7-10,12-13,15H2. The van der Waals surface area contributed by atoms with Crippen LogP contribution in [0.3, 0.4) is 0 Å². The van der Waals surface area contributed by atoms with Crippen molar-refractivity contribution < 1.29 is 19.1 Å². The molecule has 2 aliphatic heterocycles. The second-order valence-corrected chi connectivity index (χ2v) is 9.26. The molecule has 29 heavy (non-hydrogen) atoms. The predicted octanol–water partition coefficient (Wildman–Crippen LogP) is 4.19. The lowest BCUT2D eigenvalue weighted by Crippen LogP contribution is -2.55. The van der Waals surface area contributed by atoms with Gasteiger partial charge in [0, 0.05) is 24.4 Å². The Kier molecular flexibility index (Phi) is 4.92. The van der Waals surface area contributed by atoms with Crippen LogP contribution in [-0.2, 0) is 25.5 Å². The summed E-state index contributed by atoms with van der Waals surface area (Å²) in [7, 11) is 0. The van der Waals surface area contributed by atoms with Gasteiger partial charge < -0.3 is 9.47 Å². The van der Waals surface area contributed by atoms with Crippen LogP contribution in [0, 0.1) is 0 Å². The van der Waals surface area contributed by atoms with Crippen molar-refractivity contribution in [2.24, 2.45) is 0 Å². The number of carbonyl (C=O) groups is 2. The SMILES string of the molecule is O=C1OC2(CC(c3ccccc3)CCN2CCC2CCCc3sccc32)OC1=O. The van der Waals surface area contributed by atoms with E-state index in [0.717, 1.165) is 25.9 Å². The largest absolute Gasteiger partial charge is 0.421 e. The number of aryl methyl sites for hydroxylation is 1. The second kappa shape index (κ2) is 7.58. The van der Waals surface area contributed by atoms with E-state index in [0.29, 0.717) is 12.3 Å². The van der Waals surface area contributed by atoms with Gasteiger partial charge in [0.2, 0.25) is 0 Å². The van der Waals surface area contributed by atoms with Crippen LogP contribution in [0.4, 0.5) is 0 Å². The van der Waals surface area contributed by atoms with E-state index in [1.807, 2.05) is 29.5 Å². The average Bonchev–Trinajstić information content (AvgIpc) is 3.33. The smallest absolute Gasteiger partial charge is 0.400 e. The molecule has 5 rings (SSSR count). The van der Waals surface area contributed by atoms with E-state index in [1.165, 1.54) is 35.3 Å². The van der Waals surface area contributed by atoms with Gasteiger partial charge in [0.1, 0.15) is 0 Å². The summed E-state index contributed by atoms with van der Waals surface area (Å²) in [5.41, 5.74) is 2.68. The number of ether oxygens (including phenoxy) is 2. The minimum Gasteiger partial charge on any atom is -0.400 e. The molecule has 2 unspecified atom stereocenters. The fourth-order valence-electron chi connectivity index (χ4n) is 5.12. The number of benzene rings is 1. The molecule has 0 saturated carbocycles. The first-order valence-electron chi connectivity index (χ1n) is 10.5. The van der Waals surface area contributed by atoms with Crippen molar-refractivity contribution in [3.8, 4) is 0 Å². The zero-order chi connectivity index (χ0) is 19.8. The topological polar surface area (TPSA) is 55.8 Å². The Hall–Kier alpha value is -2.18. The number of fused-ring (bicyclic) bond motifs is 1. The molecule has 3 aliphatic rings. The maximum absolute atomic E-state index is 11.9. The van der Waals surface area contributed by atoms with Gasteiger partial charge in [-0.05, 0) is 66.5 Å². The van der Waals surface area contributed by atoms with E-state index in [2.05, 4.69) is 28.5 Å². The summed E-state index contributed by atoms with van der Waals surface area (Å²) in [5, 5.41) is 2.19. The molecule has 2 aromatic rings. The highest BCUT2D eigenvalue weighted by molar-refractivity contribution is 7.10. The van der Waals surface area contributed by atoms with Crippen molar-refractivity contribution in [1.29, 1.82) is 0 Å². The predicted molar refractivity (Wildman–Crippen MR) is 110 cm³/mol. The average molecular weight is 412 g/mol. The van der Waals surface area contributed by atoms with Crippen molar-refractivity contribution in [1.82, 2.24) is 4.90 Å². The first kappa shape index (κ1) is 18.8. The molecule has 1 aromatic heterocycles. The maximum atomic E-state index is 11.9. The third-order valence-corrected chi connectivity index (χ3v) is 7.60. The normalized spacial score (nSPS) is 26.2. The zero-order valence-electron chi connectivity index (χ0n) is 16.3. The summed E-state index contributed by atoms with van der Waals surface area (Å²) in [4.78, 5) is 27.5. The van der Waals surface area contributed by atoms with Crippen LogP contribution in [0.25, 0.3) is 0 Å². The molecule has 2 fully saturated rings. The molecule has 0 N–H and O–H groups in total. The summed E-state index contributed by atoms with van der Waals surface area (Å²) in [5.74, 6) is -2.27. The first-order chi connectivity index (χ1) is 14.1. The molecule has 1 aromatic carbocycles. The summed E-state index contributed by atoms with van der Waals surface area (Å²) >= 11 is 1.86. The third kappa shape index (κ3) is 3.49. The van der Waals surface area contributed by atoms with Crippen LogP contribution >= 0.6 is 11.3 Å². The molecule has 2 saturated heterocycles. The van der Waals surface area contributed by atoms with Crippen molar-refractivity contribution in [2.75, 3.05) is 13.1 Å². The van der Waals surface area contributed by atoms with Gasteiger partial charge in [-0.2, -0.15) is 0 Å². The molecule has 2 atom stereocenters. The molecule has 152 valence electrons. The molecule has 6 heteroatoms. The zero-order valence-corrected chi connectivity index (χ0v) is 17.2. The monoisotopic (exact) mass is 411 g/mol. The Morgan fingerprint density at radius 3 is 2.66 bits per heavy atom. The Bertz CT molecular complexity index is 893. The number of hydrogen-bond acceptors (Lipinski definition) is 6. The molecule has 1 spiro atoms. The minimum absolute atomic E-state index is 0.198. The van der Waals surface area contributed by atoms with Crippen molar-refractivity contribution in [3.05, 3.63) is 57.8 Å². The molecule has 0 bridgehead atoms. The molecule has 0 radical (unpaired) electrons. The lowest BCUT2D eigenvalue weighted by molar-refractivity contribution is -0.266. The Labute approximate surface area is 174 Å². The Balaban J connectivity index is 1.34. The van der Waals surface area contributed by atoms with Crippen LogP contribution < -0.4 is 0 Å². The van der Waals surface area contributed by atoms with Gasteiger partial charge >= 0.3 is 17.8 Å². The van der Waals surface area contributed by atoms with Crippen molar-refractivity contribution >= 4 is 23.3 Å². The Morgan fingerprint density at radius 1 is 1.07 bits per heavy atom. The van der Waals surface area contributed by atoms with Gasteiger partial charge in [0.25, 0.3) is 0 Å². The number of likely N-dealkylation sites (tertiary alicyclic amines) is 1. The van der Waals surface area contributed by atoms with Crippen molar-refractivity contribution in [3.63, 3.8) is 0 Å². The third-order valence-electron chi connectivity index (χ3n) is 6.60. The molecule has 1 aliphatic carbocycles. The highest BCUT2D eigenvalue weighted by Crippen LogP contribution is 2.43. The lowest BCUT2D eigenvalue weighted by Gasteiger charge is -2.44. The fourth-order valence-corrected chi connectivity index (χ4v) is 6.13. The van der Waals surface area contributed by atoms with Gasteiger partial charge in [0.05, 0.1) is 0 Å². The minimum atomic E-state index is -1.25. The number of piperidine rings is 1. The van der Waals surface area contributed by atoms with Gasteiger partial charge in [-0.1, -0.05) is 30.3 Å². The van der Waals surface area contributed by atoms with Gasteiger partial charge in [-0.15, -0.1) is 11.3 Å². The summed E-state index contributed by atoms with van der Waals surface area (Å²) in [6, 6.07) is 12.5. The van der Waals surface area contributed by atoms with Crippen LogP contribution in [0.1, 0.15) is 59.9 Å². The van der Waals surface area contributed by atoms with Crippen LogP contribution in [0.5, 0.6) is 0 Å². The maximum Gasteiger partial charge on any atom is 0.421 e. The first-order valence-corrected chi connectivity index (χ1v) is 11.4. The second-order valence-electron chi connectivity index (χ2n) is 8.26. The lowest BCUT2D eigenvalue weighted by atomic mass is 9.84. The van der Waals surface area contributed by atoms with Gasteiger partial charge in [-0.25, -0.2) is 14.5 Å². The van der Waals surface area contributed by atoms with E-state index >= 15 is 0 Å². The number of esters is 2. The van der Waals surface area contributed by atoms with E-state index in [4.69, 9.17) is 9.47 Å². The number of thiophene rings is 1. The molecular weight excluding hydrogens is 386 g/mol. The molecule has 3 heterocycles. The highest BCUT2D eigenvalue weighted by Gasteiger charge is 2.56. The van der Waals surface area contributed by atoms with Crippen molar-refractivity contribution in [2.45, 2.75) is 56.3 Å². The molecular formula is C23H25NO4S. The fraction of sp³-hybridized carbons (Fsp3) is 0.478. The van der Waals surface area contributed by atoms with Crippen LogP contribution in [0.15, 0.2) is 41.8 Å². The van der Waals surface area contributed by atoms with E-state index in [-0.39, 0.29) is 5.92 Å². The van der Waals surface area contributed by atoms with Crippen LogP contribution in [0.2, 0.25) is 0 Å². The van der Waals surface area contributed by atoms with Crippen LogP contribution in [-0.4, -0.2) is 35.8 Å². The van der Waals surface area contributed by atoms with Gasteiger partial charge in [0.15, 0.2) is 0 Å². The summed E-state index contributed by atoms with van der Waals surface area (Å²) in [6.45, 7) is 1.49. The number of hydrogen-bond donors (Lipinski definition) is 0. The summed E-state index contributed by atoms with van der Waals surface area (Å²) in [6.07, 6.45) is 6.03. The highest BCUT2D eigenvalue weighted by atomic mass is 32.1. The quantitative estimate of drug-likeness (QED) is 0.558. The van der Waals surface area contributed by atoms with E-state index < -0.39 is 17.8 Å². The molecule has 5 nitrogen and oxygen atoms in total. The molecule has 0 amide bonds. The summed E-state index contributed by atoms with van der Waals surface area (Å²) < 4.78 is 11.2. The van der Waals surface area contributed by atoms with E-state index in [1.54, 1.807) is 0 Å². The number of nitrogens with zero attached hydrogens (tertiary/aromatic N) is 1. The van der Waals surface area contributed by atoms with Gasteiger partial charge in [-0.3, -0.25) is 0 Å². The number of carbonyl (C=O) groups excluding carboxylic acids is 2. The van der Waals surface area contributed by atoms with E-state index in [9.17, 15) is 9.59 Å². The number of rotatable bonds is 4.